The number of benzene rings is 1. The summed E-state index contributed by atoms with van der Waals surface area (Å²) in [5.41, 5.74) is 0.303. The summed E-state index contributed by atoms with van der Waals surface area (Å²) in [6, 6.07) is 9.55. The van der Waals surface area contributed by atoms with E-state index < -0.39 is 6.09 Å². The molecule has 0 spiro atoms. The minimum absolute atomic E-state index is 0.157. The second-order valence-corrected chi connectivity index (χ2v) is 6.09. The van der Waals surface area contributed by atoms with Crippen LogP contribution in [0.1, 0.15) is 31.2 Å². The predicted molar refractivity (Wildman–Crippen MR) is 75.4 cm³/mol. The highest BCUT2D eigenvalue weighted by Crippen LogP contribution is 2.61. The summed E-state index contributed by atoms with van der Waals surface area (Å²) >= 11 is 0. The lowest BCUT2D eigenvalue weighted by atomic mass is 9.65. The van der Waals surface area contributed by atoms with Crippen molar-refractivity contribution in [1.82, 2.24) is 5.32 Å². The first-order chi connectivity index (χ1) is 10.1. The van der Waals surface area contributed by atoms with Crippen molar-refractivity contribution in [2.75, 3.05) is 7.11 Å². The van der Waals surface area contributed by atoms with Crippen LogP contribution in [-0.4, -0.2) is 24.7 Å². The first kappa shape index (κ1) is 13.9. The molecule has 1 aromatic carbocycles. The molecule has 0 saturated heterocycles. The number of alkyl carbamates (subject to hydrolysis) is 1. The van der Waals surface area contributed by atoms with E-state index in [2.05, 4.69) is 5.32 Å². The van der Waals surface area contributed by atoms with Crippen LogP contribution >= 0.6 is 0 Å². The molecule has 2 bridgehead atoms. The number of carbonyl (C=O) groups is 2. The minimum Gasteiger partial charge on any atom is -0.469 e. The van der Waals surface area contributed by atoms with Gasteiger partial charge in [-0.1, -0.05) is 30.3 Å². The average molecular weight is 289 g/mol. The van der Waals surface area contributed by atoms with Crippen LogP contribution in [0.15, 0.2) is 30.3 Å². The van der Waals surface area contributed by atoms with Gasteiger partial charge in [-0.2, -0.15) is 0 Å². The molecule has 3 fully saturated rings. The lowest BCUT2D eigenvalue weighted by Gasteiger charge is -2.45. The van der Waals surface area contributed by atoms with Crippen LogP contribution in [0.3, 0.4) is 0 Å². The third-order valence-electron chi connectivity index (χ3n) is 4.63. The molecule has 0 radical (unpaired) electrons. The molecule has 3 aliphatic carbocycles. The van der Waals surface area contributed by atoms with E-state index in [1.54, 1.807) is 0 Å². The Morgan fingerprint density at radius 3 is 2.57 bits per heavy atom. The molecular weight excluding hydrogens is 270 g/mol. The van der Waals surface area contributed by atoms with E-state index in [-0.39, 0.29) is 23.5 Å². The Hall–Kier alpha value is -2.04. The van der Waals surface area contributed by atoms with E-state index in [0.717, 1.165) is 18.4 Å². The molecule has 1 N–H and O–H groups in total. The molecule has 5 heteroatoms. The molecule has 1 aromatic rings. The fraction of sp³-hybridized carbons (Fsp3) is 0.500. The van der Waals surface area contributed by atoms with Crippen LogP contribution in [0.4, 0.5) is 4.79 Å². The summed E-state index contributed by atoms with van der Waals surface area (Å²) in [6.07, 6.45) is 2.49. The number of hydrogen-bond acceptors (Lipinski definition) is 4. The zero-order chi connectivity index (χ0) is 14.9. The Morgan fingerprint density at radius 2 is 1.90 bits per heavy atom. The Morgan fingerprint density at radius 1 is 1.19 bits per heavy atom. The summed E-state index contributed by atoms with van der Waals surface area (Å²) < 4.78 is 10.1. The van der Waals surface area contributed by atoms with Crippen molar-refractivity contribution in [3.63, 3.8) is 0 Å². The van der Waals surface area contributed by atoms with Gasteiger partial charge in [0.25, 0.3) is 0 Å². The lowest BCUT2D eigenvalue weighted by molar-refractivity contribution is -0.158. The highest BCUT2D eigenvalue weighted by molar-refractivity contribution is 5.81. The summed E-state index contributed by atoms with van der Waals surface area (Å²) in [5, 5.41) is 2.93. The number of fused-ring (bicyclic) bond motifs is 1. The molecule has 5 nitrogen and oxygen atoms in total. The Balaban J connectivity index is 1.50. The number of ether oxygens (including phenoxy) is 2. The molecule has 112 valence electrons. The van der Waals surface area contributed by atoms with Gasteiger partial charge in [0.1, 0.15) is 6.61 Å². The van der Waals surface area contributed by atoms with E-state index in [9.17, 15) is 9.59 Å². The van der Waals surface area contributed by atoms with Crippen LogP contribution < -0.4 is 5.32 Å². The van der Waals surface area contributed by atoms with Crippen molar-refractivity contribution < 1.29 is 19.1 Å². The van der Waals surface area contributed by atoms with Gasteiger partial charge < -0.3 is 14.8 Å². The van der Waals surface area contributed by atoms with Crippen molar-refractivity contribution in [3.8, 4) is 0 Å². The lowest BCUT2D eigenvalue weighted by Crippen LogP contribution is -2.58. The van der Waals surface area contributed by atoms with Crippen molar-refractivity contribution in [3.05, 3.63) is 35.9 Å². The number of carbonyl (C=O) groups excluding carboxylic acids is 2. The van der Waals surface area contributed by atoms with Gasteiger partial charge in [-0.15, -0.1) is 0 Å². The van der Waals surface area contributed by atoms with Gasteiger partial charge in [0.2, 0.25) is 0 Å². The number of hydrogen-bond donors (Lipinski definition) is 1. The molecule has 0 atom stereocenters. The summed E-state index contributed by atoms with van der Waals surface area (Å²) in [6.45, 7) is 0.255. The maximum Gasteiger partial charge on any atom is 0.407 e. The summed E-state index contributed by atoms with van der Waals surface area (Å²) in [4.78, 5) is 23.6. The van der Waals surface area contributed by atoms with Gasteiger partial charge in [0.15, 0.2) is 0 Å². The fourth-order valence-corrected chi connectivity index (χ4v) is 3.67. The second kappa shape index (κ2) is 5.06. The molecule has 1 amide bonds. The van der Waals surface area contributed by atoms with Crippen molar-refractivity contribution in [2.24, 2.45) is 5.41 Å². The third kappa shape index (κ3) is 2.48. The van der Waals surface area contributed by atoms with Gasteiger partial charge >= 0.3 is 12.1 Å². The van der Waals surface area contributed by atoms with E-state index in [1.165, 1.54) is 7.11 Å². The average Bonchev–Trinajstić information content (AvgIpc) is 3.01. The maximum atomic E-state index is 11.9. The van der Waals surface area contributed by atoms with Crippen LogP contribution in [0.2, 0.25) is 0 Å². The van der Waals surface area contributed by atoms with E-state index in [1.807, 2.05) is 30.3 Å². The standard InChI is InChI=1S/C16H19NO4/c1-20-13(18)15-7-8-16(10-15,11-15)17-14(19)21-9-12-5-3-2-4-6-12/h2-6H,7-11H2,1H3,(H,17,19). The molecule has 0 aromatic heterocycles. The fourth-order valence-electron chi connectivity index (χ4n) is 3.67. The molecule has 0 aliphatic heterocycles. The number of rotatable bonds is 4. The topological polar surface area (TPSA) is 64.6 Å². The first-order valence-electron chi connectivity index (χ1n) is 7.15. The second-order valence-electron chi connectivity index (χ2n) is 6.09. The van der Waals surface area contributed by atoms with Gasteiger partial charge in [-0.3, -0.25) is 4.79 Å². The predicted octanol–water partition coefficient (Wildman–Crippen LogP) is 2.40. The Kier molecular flexibility index (Phi) is 3.35. The number of esters is 1. The van der Waals surface area contributed by atoms with Gasteiger partial charge in [0.05, 0.1) is 12.5 Å². The Bertz CT molecular complexity index is 549. The molecular formula is C16H19NO4. The van der Waals surface area contributed by atoms with E-state index in [4.69, 9.17) is 9.47 Å². The molecule has 0 unspecified atom stereocenters. The molecule has 21 heavy (non-hydrogen) atoms. The Labute approximate surface area is 123 Å². The summed E-state index contributed by atoms with van der Waals surface area (Å²) in [7, 11) is 1.41. The number of nitrogens with one attached hydrogen (secondary N) is 1. The van der Waals surface area contributed by atoms with Crippen LogP contribution in [0.25, 0.3) is 0 Å². The zero-order valence-corrected chi connectivity index (χ0v) is 12.1. The normalized spacial score (nSPS) is 29.4. The van der Waals surface area contributed by atoms with Crippen LogP contribution in [-0.2, 0) is 20.9 Å². The van der Waals surface area contributed by atoms with Gasteiger partial charge in [-0.05, 0) is 31.2 Å². The highest BCUT2D eigenvalue weighted by Gasteiger charge is 2.66. The molecule has 4 rings (SSSR count). The van der Waals surface area contributed by atoms with Crippen molar-refractivity contribution in [2.45, 2.75) is 37.8 Å². The summed E-state index contributed by atoms with van der Waals surface area (Å²) in [5.74, 6) is -0.157. The van der Waals surface area contributed by atoms with Crippen LogP contribution in [0.5, 0.6) is 0 Å². The highest BCUT2D eigenvalue weighted by atomic mass is 16.5. The maximum absolute atomic E-state index is 11.9. The monoisotopic (exact) mass is 289 g/mol. The minimum atomic E-state index is -0.417. The molecule has 3 aliphatic rings. The first-order valence-corrected chi connectivity index (χ1v) is 7.15. The quantitative estimate of drug-likeness (QED) is 0.864. The third-order valence-corrected chi connectivity index (χ3v) is 4.63. The smallest absolute Gasteiger partial charge is 0.407 e. The number of amides is 1. The SMILES string of the molecule is COC(=O)C12CCC(NC(=O)OCc3ccccc3)(C1)C2. The molecule has 0 heterocycles. The van der Waals surface area contributed by atoms with Crippen LogP contribution in [0, 0.1) is 5.41 Å². The van der Waals surface area contributed by atoms with E-state index >= 15 is 0 Å². The van der Waals surface area contributed by atoms with Gasteiger partial charge in [0, 0.05) is 5.54 Å². The molecule has 3 saturated carbocycles. The largest absolute Gasteiger partial charge is 0.469 e. The van der Waals surface area contributed by atoms with Gasteiger partial charge in [-0.25, -0.2) is 4.79 Å². The number of methoxy groups -OCH3 is 1. The van der Waals surface area contributed by atoms with Crippen molar-refractivity contribution in [1.29, 1.82) is 0 Å². The van der Waals surface area contributed by atoms with Crippen molar-refractivity contribution >= 4 is 12.1 Å². The zero-order valence-electron chi connectivity index (χ0n) is 12.1. The van der Waals surface area contributed by atoms with E-state index in [0.29, 0.717) is 12.8 Å².